The van der Waals surface area contributed by atoms with Gasteiger partial charge in [0.25, 0.3) is 10.0 Å². The molecule has 2 aromatic rings. The van der Waals surface area contributed by atoms with Crippen molar-refractivity contribution in [1.82, 2.24) is 0 Å². The highest BCUT2D eigenvalue weighted by molar-refractivity contribution is 9.10. The van der Waals surface area contributed by atoms with Crippen molar-refractivity contribution < 1.29 is 21.6 Å². The molecule has 2 aromatic carbocycles. The van der Waals surface area contributed by atoms with E-state index < -0.39 is 37.6 Å². The van der Waals surface area contributed by atoms with Crippen LogP contribution in [0.15, 0.2) is 39.7 Å². The Bertz CT molecular complexity index is 809. The van der Waals surface area contributed by atoms with Gasteiger partial charge in [0.1, 0.15) is 11.6 Å². The number of aryl methyl sites for hydroxylation is 1. The van der Waals surface area contributed by atoms with Crippen molar-refractivity contribution in [1.29, 1.82) is 0 Å². The minimum absolute atomic E-state index is 0.297. The number of rotatable bonds is 3. The molecule has 0 aliphatic carbocycles. The molecule has 0 aliphatic rings. The molecule has 0 saturated heterocycles. The van der Waals surface area contributed by atoms with Gasteiger partial charge in [-0.25, -0.2) is 21.6 Å². The maximum atomic E-state index is 13.8. The van der Waals surface area contributed by atoms with E-state index in [9.17, 15) is 21.6 Å². The van der Waals surface area contributed by atoms with Crippen LogP contribution in [0.25, 0.3) is 0 Å². The average Bonchev–Trinajstić information content (AvgIpc) is 2.42. The number of hydrogen-bond donors (Lipinski definition) is 1. The lowest BCUT2D eigenvalue weighted by Crippen LogP contribution is -2.15. The zero-order chi connectivity index (χ0) is 15.8. The lowest BCUT2D eigenvalue weighted by atomic mass is 10.2. The molecule has 0 atom stereocenters. The van der Waals surface area contributed by atoms with Crippen molar-refractivity contribution in [2.45, 2.75) is 11.8 Å². The Morgan fingerprint density at radius 2 is 1.76 bits per heavy atom. The smallest absolute Gasteiger partial charge is 0.262 e. The summed E-state index contributed by atoms with van der Waals surface area (Å²) in [7, 11) is -4.19. The Morgan fingerprint density at radius 3 is 2.43 bits per heavy atom. The Hall–Kier alpha value is -1.54. The van der Waals surface area contributed by atoms with E-state index in [2.05, 4.69) is 15.9 Å². The summed E-state index contributed by atoms with van der Waals surface area (Å²) in [6.45, 7) is 1.48. The Morgan fingerprint density at radius 1 is 1.10 bits per heavy atom. The van der Waals surface area contributed by atoms with Crippen LogP contribution in [0.4, 0.5) is 18.9 Å². The fourth-order valence-electron chi connectivity index (χ4n) is 1.67. The minimum Gasteiger partial charge on any atom is -0.277 e. The van der Waals surface area contributed by atoms with E-state index in [1.807, 2.05) is 4.72 Å². The summed E-state index contributed by atoms with van der Waals surface area (Å²) in [5.41, 5.74) is -0.141. The second-order valence-corrected chi connectivity index (χ2v) is 6.68. The maximum absolute atomic E-state index is 13.8. The van der Waals surface area contributed by atoms with E-state index in [0.29, 0.717) is 5.56 Å². The minimum atomic E-state index is -4.19. The van der Waals surface area contributed by atoms with Crippen molar-refractivity contribution in [2.24, 2.45) is 0 Å². The van der Waals surface area contributed by atoms with Gasteiger partial charge in [0.15, 0.2) is 5.82 Å². The number of benzene rings is 2. The summed E-state index contributed by atoms with van der Waals surface area (Å²) in [5, 5.41) is 0. The first kappa shape index (κ1) is 15.8. The fraction of sp³-hybridized carbons (Fsp3) is 0.0769. The van der Waals surface area contributed by atoms with Crippen LogP contribution < -0.4 is 4.72 Å². The van der Waals surface area contributed by atoms with Crippen LogP contribution in [-0.2, 0) is 10.0 Å². The second kappa shape index (κ2) is 5.69. The molecule has 0 aromatic heterocycles. The van der Waals surface area contributed by atoms with Crippen molar-refractivity contribution in [3.8, 4) is 0 Å². The summed E-state index contributed by atoms with van der Waals surface area (Å²) in [6.07, 6.45) is 0. The predicted octanol–water partition coefficient (Wildman–Crippen LogP) is 3.98. The van der Waals surface area contributed by atoms with Crippen molar-refractivity contribution in [3.63, 3.8) is 0 Å². The van der Waals surface area contributed by atoms with Crippen LogP contribution in [-0.4, -0.2) is 8.42 Å². The Labute approximate surface area is 128 Å². The first-order chi connectivity index (χ1) is 9.72. The first-order valence-electron chi connectivity index (χ1n) is 5.65. The molecule has 8 heteroatoms. The standard InChI is InChI=1S/C13H9BrF3NO2S/c1-7-2-3-8(15)6-11(7)21(19,20)18-10-5-4-9(16)12(14)13(10)17/h2-6,18H,1H3. The molecule has 0 spiro atoms. The molecule has 0 amide bonds. The SMILES string of the molecule is Cc1ccc(F)cc1S(=O)(=O)Nc1ccc(F)c(Br)c1F. The highest BCUT2D eigenvalue weighted by Gasteiger charge is 2.21. The normalized spacial score (nSPS) is 11.5. The molecular weight excluding hydrogens is 371 g/mol. The molecule has 21 heavy (non-hydrogen) atoms. The average molecular weight is 380 g/mol. The molecule has 2 rings (SSSR count). The van der Waals surface area contributed by atoms with Crippen LogP contribution in [0.1, 0.15) is 5.56 Å². The van der Waals surface area contributed by atoms with Gasteiger partial charge < -0.3 is 0 Å². The van der Waals surface area contributed by atoms with Crippen molar-refractivity contribution in [2.75, 3.05) is 4.72 Å². The second-order valence-electron chi connectivity index (χ2n) is 4.24. The van der Waals surface area contributed by atoms with Crippen LogP contribution in [0, 0.1) is 24.4 Å². The zero-order valence-electron chi connectivity index (χ0n) is 10.6. The van der Waals surface area contributed by atoms with Gasteiger partial charge in [-0.05, 0) is 52.7 Å². The number of sulfonamides is 1. The lowest BCUT2D eigenvalue weighted by molar-refractivity contribution is 0.572. The largest absolute Gasteiger partial charge is 0.277 e. The molecule has 112 valence electrons. The van der Waals surface area contributed by atoms with Crippen LogP contribution >= 0.6 is 15.9 Å². The monoisotopic (exact) mass is 379 g/mol. The van der Waals surface area contributed by atoms with E-state index in [1.54, 1.807) is 0 Å². The highest BCUT2D eigenvalue weighted by Crippen LogP contribution is 2.28. The lowest BCUT2D eigenvalue weighted by Gasteiger charge is -2.12. The van der Waals surface area contributed by atoms with Gasteiger partial charge in [-0.2, -0.15) is 0 Å². The third kappa shape index (κ3) is 3.21. The highest BCUT2D eigenvalue weighted by atomic mass is 79.9. The molecule has 3 nitrogen and oxygen atoms in total. The summed E-state index contributed by atoms with van der Waals surface area (Å²) >= 11 is 2.68. The van der Waals surface area contributed by atoms with E-state index >= 15 is 0 Å². The van der Waals surface area contributed by atoms with Crippen LogP contribution in [0.5, 0.6) is 0 Å². The van der Waals surface area contributed by atoms with Crippen molar-refractivity contribution in [3.05, 3.63) is 57.8 Å². The van der Waals surface area contributed by atoms with Gasteiger partial charge in [0.2, 0.25) is 0 Å². The third-order valence-corrected chi connectivity index (χ3v) is 4.95. The van der Waals surface area contributed by atoms with E-state index in [1.165, 1.54) is 13.0 Å². The van der Waals surface area contributed by atoms with Crippen LogP contribution in [0.3, 0.4) is 0 Å². The van der Waals surface area contributed by atoms with Crippen LogP contribution in [0.2, 0.25) is 0 Å². The molecule has 0 unspecified atom stereocenters. The molecule has 0 aliphatic heterocycles. The maximum Gasteiger partial charge on any atom is 0.262 e. The van der Waals surface area contributed by atoms with Gasteiger partial charge in [-0.3, -0.25) is 4.72 Å². The summed E-state index contributed by atoms with van der Waals surface area (Å²) in [4.78, 5) is -0.317. The van der Waals surface area contributed by atoms with Gasteiger partial charge in [-0.1, -0.05) is 6.07 Å². The van der Waals surface area contributed by atoms with Gasteiger partial charge >= 0.3 is 0 Å². The van der Waals surface area contributed by atoms with Gasteiger partial charge in [0.05, 0.1) is 15.1 Å². The molecule has 1 N–H and O–H groups in total. The number of hydrogen-bond acceptors (Lipinski definition) is 2. The molecule has 0 radical (unpaired) electrons. The molecule has 0 fully saturated rings. The Balaban J connectivity index is 2.47. The predicted molar refractivity (Wildman–Crippen MR) is 76.0 cm³/mol. The van der Waals surface area contributed by atoms with E-state index in [4.69, 9.17) is 0 Å². The summed E-state index contributed by atoms with van der Waals surface area (Å²) < 4.78 is 65.9. The third-order valence-electron chi connectivity index (χ3n) is 2.72. The number of halogens is 4. The Kier molecular flexibility index (Phi) is 4.29. The number of anilines is 1. The fourth-order valence-corrected chi connectivity index (χ4v) is 3.33. The molecular formula is C13H9BrF3NO2S. The van der Waals surface area contributed by atoms with Crippen molar-refractivity contribution >= 4 is 31.6 Å². The molecule has 0 bridgehead atoms. The van der Waals surface area contributed by atoms with Gasteiger partial charge in [-0.15, -0.1) is 0 Å². The topological polar surface area (TPSA) is 46.2 Å². The molecule has 0 saturated carbocycles. The zero-order valence-corrected chi connectivity index (χ0v) is 13.0. The summed E-state index contributed by atoms with van der Waals surface area (Å²) in [5.74, 6) is -2.69. The van der Waals surface area contributed by atoms with E-state index in [-0.39, 0.29) is 4.90 Å². The first-order valence-corrected chi connectivity index (χ1v) is 7.92. The summed E-state index contributed by atoms with van der Waals surface area (Å²) in [6, 6.07) is 5.09. The van der Waals surface area contributed by atoms with Gasteiger partial charge in [0, 0.05) is 0 Å². The van der Waals surface area contributed by atoms with E-state index in [0.717, 1.165) is 24.3 Å². The quantitative estimate of drug-likeness (QED) is 0.819. The number of nitrogens with one attached hydrogen (secondary N) is 1. The molecule has 0 heterocycles.